The third-order valence-corrected chi connectivity index (χ3v) is 4.42. The number of aromatic nitrogens is 2. The highest BCUT2D eigenvalue weighted by Gasteiger charge is 2.35. The van der Waals surface area contributed by atoms with Crippen LogP contribution in [-0.4, -0.2) is 22.4 Å². The van der Waals surface area contributed by atoms with Crippen molar-refractivity contribution in [3.63, 3.8) is 0 Å². The molecule has 120 valence electrons. The van der Waals surface area contributed by atoms with Crippen molar-refractivity contribution in [2.75, 3.05) is 11.4 Å². The number of anilines is 1. The molecule has 4 rings (SSSR count). The minimum absolute atomic E-state index is 0.0168. The third-order valence-electron chi connectivity index (χ3n) is 4.42. The number of rotatable bonds is 3. The lowest BCUT2D eigenvalue weighted by atomic mass is 10.1. The number of carbonyl (C=O) groups is 1. The van der Waals surface area contributed by atoms with Gasteiger partial charge in [-0.1, -0.05) is 48.5 Å². The number of carbonyl (C=O) groups excluding carboxylic acids is 1. The Bertz CT molecular complexity index is 872. The van der Waals surface area contributed by atoms with E-state index in [1.54, 1.807) is 4.90 Å². The average molecular weight is 318 g/mol. The molecule has 0 unspecified atom stereocenters. The average Bonchev–Trinajstić information content (AvgIpc) is 3.26. The summed E-state index contributed by atoms with van der Waals surface area (Å²) in [5.41, 5.74) is 9.71. The minimum Gasteiger partial charge on any atom is -0.340 e. The molecule has 0 radical (unpaired) electrons. The van der Waals surface area contributed by atoms with Gasteiger partial charge in [0.25, 0.3) is 0 Å². The zero-order chi connectivity index (χ0) is 16.5. The van der Waals surface area contributed by atoms with Gasteiger partial charge >= 0.3 is 0 Å². The van der Waals surface area contributed by atoms with Crippen LogP contribution in [0.4, 0.5) is 5.69 Å². The molecule has 0 saturated heterocycles. The van der Waals surface area contributed by atoms with E-state index in [-0.39, 0.29) is 18.5 Å². The second kappa shape index (κ2) is 5.94. The number of nitrogens with two attached hydrogens (primary N) is 1. The molecular weight excluding hydrogens is 300 g/mol. The van der Waals surface area contributed by atoms with Gasteiger partial charge in [0.15, 0.2) is 0 Å². The molecule has 0 spiro atoms. The molecule has 1 amide bonds. The molecule has 3 N–H and O–H groups in total. The van der Waals surface area contributed by atoms with Gasteiger partial charge in [-0.05, 0) is 17.2 Å². The van der Waals surface area contributed by atoms with Crippen LogP contribution < -0.4 is 10.6 Å². The number of hydrogen-bond donors (Lipinski definition) is 2. The summed E-state index contributed by atoms with van der Waals surface area (Å²) in [6.07, 6.45) is 2.56. The van der Waals surface area contributed by atoms with Crippen LogP contribution in [0.1, 0.15) is 17.4 Å². The SMILES string of the molecule is NCC(=O)N1c2ccccc2C[C@H]1c1ncc(-c2ccccc2)[nH]1. The van der Waals surface area contributed by atoms with Crippen LogP contribution in [0.3, 0.4) is 0 Å². The number of H-pyrrole nitrogens is 1. The molecular formula is C19H18N4O. The molecule has 0 aliphatic carbocycles. The molecule has 0 saturated carbocycles. The molecule has 5 heteroatoms. The molecule has 3 aromatic rings. The van der Waals surface area contributed by atoms with Gasteiger partial charge in [0.1, 0.15) is 5.82 Å². The first-order valence-electron chi connectivity index (χ1n) is 7.98. The summed E-state index contributed by atoms with van der Waals surface area (Å²) in [5, 5.41) is 0. The molecule has 0 fully saturated rings. The Morgan fingerprint density at radius 3 is 2.71 bits per heavy atom. The Hall–Kier alpha value is -2.92. The van der Waals surface area contributed by atoms with Crippen molar-refractivity contribution < 1.29 is 4.79 Å². The predicted octanol–water partition coefficient (Wildman–Crippen LogP) is 2.67. The van der Waals surface area contributed by atoms with Crippen LogP contribution in [0, 0.1) is 0 Å². The number of benzene rings is 2. The first kappa shape index (κ1) is 14.7. The summed E-state index contributed by atoms with van der Waals surface area (Å²) >= 11 is 0. The Labute approximate surface area is 140 Å². The molecule has 5 nitrogen and oxygen atoms in total. The van der Waals surface area contributed by atoms with E-state index >= 15 is 0 Å². The molecule has 0 bridgehead atoms. The molecule has 24 heavy (non-hydrogen) atoms. The molecule has 1 atom stereocenters. The second-order valence-corrected chi connectivity index (χ2v) is 5.86. The number of aromatic amines is 1. The third kappa shape index (κ3) is 2.39. The summed E-state index contributed by atoms with van der Waals surface area (Å²) in [6, 6.07) is 17.8. The van der Waals surface area contributed by atoms with E-state index in [2.05, 4.69) is 9.97 Å². The lowest BCUT2D eigenvalue weighted by molar-refractivity contribution is -0.117. The van der Waals surface area contributed by atoms with Gasteiger partial charge in [-0.25, -0.2) is 4.98 Å². The van der Waals surface area contributed by atoms with Gasteiger partial charge < -0.3 is 15.6 Å². The molecule has 1 aliphatic heterocycles. The van der Waals surface area contributed by atoms with Crippen molar-refractivity contribution in [3.05, 3.63) is 72.2 Å². The van der Waals surface area contributed by atoms with Crippen LogP contribution in [-0.2, 0) is 11.2 Å². The summed E-state index contributed by atoms with van der Waals surface area (Å²) in [6.45, 7) is -0.0168. The number of amides is 1. The monoisotopic (exact) mass is 318 g/mol. The fraction of sp³-hybridized carbons (Fsp3) is 0.158. The van der Waals surface area contributed by atoms with E-state index in [4.69, 9.17) is 5.73 Å². The van der Waals surface area contributed by atoms with Crippen LogP contribution in [0.5, 0.6) is 0 Å². The minimum atomic E-state index is -0.143. The summed E-state index contributed by atoms with van der Waals surface area (Å²) < 4.78 is 0. The van der Waals surface area contributed by atoms with E-state index in [1.807, 2.05) is 60.8 Å². The van der Waals surface area contributed by atoms with Crippen molar-refractivity contribution in [1.29, 1.82) is 0 Å². The van der Waals surface area contributed by atoms with E-state index in [1.165, 1.54) is 0 Å². The standard InChI is InChI=1S/C19H18N4O/c20-11-18(24)23-16-9-5-4-8-14(16)10-17(23)19-21-12-15(22-19)13-6-2-1-3-7-13/h1-9,12,17H,10-11,20H2,(H,21,22)/t17-/m0/s1. The number of para-hydroxylation sites is 1. The fourth-order valence-electron chi connectivity index (χ4n) is 3.28. The molecule has 2 heterocycles. The van der Waals surface area contributed by atoms with Crippen molar-refractivity contribution in [2.45, 2.75) is 12.5 Å². The first-order valence-corrected chi connectivity index (χ1v) is 7.98. The highest BCUT2D eigenvalue weighted by Crippen LogP contribution is 2.39. The zero-order valence-electron chi connectivity index (χ0n) is 13.1. The van der Waals surface area contributed by atoms with Gasteiger partial charge in [0.2, 0.25) is 5.91 Å². The van der Waals surface area contributed by atoms with Crippen molar-refractivity contribution in [3.8, 4) is 11.3 Å². The maximum absolute atomic E-state index is 12.4. The summed E-state index contributed by atoms with van der Waals surface area (Å²) in [7, 11) is 0. The van der Waals surface area contributed by atoms with E-state index in [0.717, 1.165) is 34.8 Å². The number of nitrogens with one attached hydrogen (secondary N) is 1. The topological polar surface area (TPSA) is 75.0 Å². The number of hydrogen-bond acceptors (Lipinski definition) is 3. The first-order chi connectivity index (χ1) is 11.8. The number of imidazole rings is 1. The quantitative estimate of drug-likeness (QED) is 0.779. The maximum atomic E-state index is 12.4. The highest BCUT2D eigenvalue weighted by molar-refractivity contribution is 5.97. The van der Waals surface area contributed by atoms with Crippen molar-refractivity contribution in [1.82, 2.24) is 9.97 Å². The second-order valence-electron chi connectivity index (χ2n) is 5.86. The van der Waals surface area contributed by atoms with Gasteiger partial charge in [-0.2, -0.15) is 0 Å². The van der Waals surface area contributed by atoms with Gasteiger partial charge in [0, 0.05) is 12.1 Å². The van der Waals surface area contributed by atoms with Gasteiger partial charge in [0.05, 0.1) is 24.5 Å². The van der Waals surface area contributed by atoms with Crippen LogP contribution in [0.25, 0.3) is 11.3 Å². The van der Waals surface area contributed by atoms with E-state index in [9.17, 15) is 4.79 Å². The van der Waals surface area contributed by atoms with Crippen molar-refractivity contribution >= 4 is 11.6 Å². The molecule has 2 aromatic carbocycles. The smallest absolute Gasteiger partial charge is 0.241 e. The fourth-order valence-corrected chi connectivity index (χ4v) is 3.28. The van der Waals surface area contributed by atoms with Crippen LogP contribution >= 0.6 is 0 Å². The predicted molar refractivity (Wildman–Crippen MR) is 93.5 cm³/mol. The summed E-state index contributed by atoms with van der Waals surface area (Å²) in [4.78, 5) is 22.1. The van der Waals surface area contributed by atoms with E-state index in [0.29, 0.717) is 0 Å². The zero-order valence-corrected chi connectivity index (χ0v) is 13.1. The lowest BCUT2D eigenvalue weighted by Gasteiger charge is -2.23. The van der Waals surface area contributed by atoms with Gasteiger partial charge in [-0.15, -0.1) is 0 Å². The molecule has 1 aromatic heterocycles. The number of fused-ring (bicyclic) bond motifs is 1. The maximum Gasteiger partial charge on any atom is 0.241 e. The number of nitrogens with zero attached hydrogens (tertiary/aromatic N) is 2. The Balaban J connectivity index is 1.71. The van der Waals surface area contributed by atoms with E-state index < -0.39 is 0 Å². The largest absolute Gasteiger partial charge is 0.340 e. The van der Waals surface area contributed by atoms with Crippen LogP contribution in [0.15, 0.2) is 60.8 Å². The van der Waals surface area contributed by atoms with Crippen molar-refractivity contribution in [2.24, 2.45) is 5.73 Å². The Kier molecular flexibility index (Phi) is 3.63. The summed E-state index contributed by atoms with van der Waals surface area (Å²) in [5.74, 6) is 0.689. The van der Waals surface area contributed by atoms with Crippen LogP contribution in [0.2, 0.25) is 0 Å². The Morgan fingerprint density at radius 2 is 1.92 bits per heavy atom. The van der Waals surface area contributed by atoms with Gasteiger partial charge in [-0.3, -0.25) is 4.79 Å². The normalized spacial score (nSPS) is 16.2. The Morgan fingerprint density at radius 1 is 1.17 bits per heavy atom. The lowest BCUT2D eigenvalue weighted by Crippen LogP contribution is -2.37. The highest BCUT2D eigenvalue weighted by atomic mass is 16.2. The molecule has 1 aliphatic rings.